The van der Waals surface area contributed by atoms with Gasteiger partial charge in [0.2, 0.25) is 15.9 Å². The Balaban J connectivity index is 1.80. The Bertz CT molecular complexity index is 958. The Labute approximate surface area is 167 Å². The monoisotopic (exact) mass is 430 g/mol. The van der Waals surface area contributed by atoms with Crippen LogP contribution >= 0.6 is 0 Å². The number of ether oxygens (including phenoxy) is 1. The highest BCUT2D eigenvalue weighted by atomic mass is 32.2. The summed E-state index contributed by atoms with van der Waals surface area (Å²) < 4.78 is 67.2. The molecule has 2 aromatic carbocycles. The van der Waals surface area contributed by atoms with Crippen LogP contribution in [0.1, 0.15) is 23.1 Å². The lowest BCUT2D eigenvalue weighted by Crippen LogP contribution is -2.31. The lowest BCUT2D eigenvalue weighted by atomic mass is 10.2. The number of carbonyl (C=O) groups is 1. The second kappa shape index (κ2) is 9.27. The molecule has 0 bridgehead atoms. The van der Waals surface area contributed by atoms with Gasteiger partial charge >= 0.3 is 6.36 Å². The number of rotatable bonds is 8. The minimum absolute atomic E-state index is 0.0834. The number of halogens is 3. The van der Waals surface area contributed by atoms with Gasteiger partial charge in [-0.05, 0) is 48.7 Å². The van der Waals surface area contributed by atoms with Crippen molar-refractivity contribution in [3.63, 3.8) is 0 Å². The zero-order valence-electron chi connectivity index (χ0n) is 15.8. The number of aryl methyl sites for hydroxylation is 2. The van der Waals surface area contributed by atoms with Crippen molar-refractivity contribution < 1.29 is 31.1 Å². The number of benzene rings is 2. The van der Waals surface area contributed by atoms with Gasteiger partial charge < -0.3 is 10.1 Å². The Kier molecular flexibility index (Phi) is 7.26. The molecular formula is C19H21F3N2O4S. The minimum Gasteiger partial charge on any atom is -0.406 e. The quantitative estimate of drug-likeness (QED) is 0.674. The van der Waals surface area contributed by atoms with Crippen molar-refractivity contribution in [1.29, 1.82) is 0 Å². The van der Waals surface area contributed by atoms with Crippen molar-refractivity contribution in [3.8, 4) is 5.75 Å². The van der Waals surface area contributed by atoms with E-state index in [0.717, 1.165) is 17.7 Å². The standard InChI is InChI=1S/C19H21F3N2O4S/c1-13-3-4-14(2)17(11-13)29(26,27)24-10-9-18(25)23-12-15-5-7-16(8-6-15)28-19(20,21)22/h3-8,11,24H,9-10,12H2,1-2H3,(H,23,25). The van der Waals surface area contributed by atoms with Gasteiger partial charge in [-0.25, -0.2) is 13.1 Å². The molecule has 0 aliphatic rings. The van der Waals surface area contributed by atoms with Gasteiger partial charge in [0.05, 0.1) is 4.90 Å². The summed E-state index contributed by atoms with van der Waals surface area (Å²) in [6.07, 6.45) is -4.85. The maximum atomic E-state index is 12.4. The van der Waals surface area contributed by atoms with E-state index in [1.54, 1.807) is 26.0 Å². The molecule has 0 radical (unpaired) electrons. The summed E-state index contributed by atoms with van der Waals surface area (Å²) in [6, 6.07) is 10.2. The largest absolute Gasteiger partial charge is 0.573 e. The van der Waals surface area contributed by atoms with E-state index in [1.165, 1.54) is 12.1 Å². The zero-order valence-corrected chi connectivity index (χ0v) is 16.7. The number of sulfonamides is 1. The van der Waals surface area contributed by atoms with E-state index in [4.69, 9.17) is 0 Å². The first-order valence-corrected chi connectivity index (χ1v) is 10.1. The van der Waals surface area contributed by atoms with Crippen LogP contribution in [0.4, 0.5) is 13.2 Å². The fraction of sp³-hybridized carbons (Fsp3) is 0.316. The van der Waals surface area contributed by atoms with Crippen LogP contribution in [0.5, 0.6) is 5.75 Å². The Morgan fingerprint density at radius 2 is 1.72 bits per heavy atom. The summed E-state index contributed by atoms with van der Waals surface area (Å²) >= 11 is 0. The lowest BCUT2D eigenvalue weighted by molar-refractivity contribution is -0.274. The molecule has 0 saturated heterocycles. The van der Waals surface area contributed by atoms with E-state index in [1.807, 2.05) is 6.07 Å². The van der Waals surface area contributed by atoms with Gasteiger partial charge in [-0.2, -0.15) is 0 Å². The van der Waals surface area contributed by atoms with Crippen LogP contribution in [0.15, 0.2) is 47.4 Å². The summed E-state index contributed by atoms with van der Waals surface area (Å²) in [7, 11) is -3.73. The molecule has 0 heterocycles. The summed E-state index contributed by atoms with van der Waals surface area (Å²) in [6.45, 7) is 3.48. The topological polar surface area (TPSA) is 84.5 Å². The fourth-order valence-electron chi connectivity index (χ4n) is 2.47. The Hall–Kier alpha value is -2.59. The molecule has 0 aliphatic carbocycles. The Morgan fingerprint density at radius 3 is 2.34 bits per heavy atom. The van der Waals surface area contributed by atoms with Crippen LogP contribution in [0.25, 0.3) is 0 Å². The number of alkyl halides is 3. The number of nitrogens with one attached hydrogen (secondary N) is 2. The van der Waals surface area contributed by atoms with Crippen LogP contribution in [0.3, 0.4) is 0 Å². The van der Waals surface area contributed by atoms with Gasteiger partial charge in [0.15, 0.2) is 0 Å². The van der Waals surface area contributed by atoms with Crippen molar-refractivity contribution in [2.75, 3.05) is 6.54 Å². The van der Waals surface area contributed by atoms with E-state index >= 15 is 0 Å². The molecule has 0 atom stereocenters. The van der Waals surface area contributed by atoms with Gasteiger partial charge in [-0.3, -0.25) is 4.79 Å². The first-order valence-electron chi connectivity index (χ1n) is 8.64. The fourth-order valence-corrected chi connectivity index (χ4v) is 3.83. The third-order valence-corrected chi connectivity index (χ3v) is 5.53. The van der Waals surface area contributed by atoms with E-state index < -0.39 is 22.3 Å². The highest BCUT2D eigenvalue weighted by Gasteiger charge is 2.30. The van der Waals surface area contributed by atoms with E-state index in [9.17, 15) is 26.4 Å². The average molecular weight is 430 g/mol. The lowest BCUT2D eigenvalue weighted by Gasteiger charge is -2.11. The SMILES string of the molecule is Cc1ccc(C)c(S(=O)(=O)NCCC(=O)NCc2ccc(OC(F)(F)F)cc2)c1. The van der Waals surface area contributed by atoms with Gasteiger partial charge in [0, 0.05) is 19.5 Å². The molecule has 158 valence electrons. The average Bonchev–Trinajstić information content (AvgIpc) is 2.61. The second-order valence-corrected chi connectivity index (χ2v) is 8.12. The second-order valence-electron chi connectivity index (χ2n) is 6.39. The van der Waals surface area contributed by atoms with Gasteiger partial charge in [0.25, 0.3) is 0 Å². The predicted octanol–water partition coefficient (Wildman–Crippen LogP) is 3.19. The minimum atomic E-state index is -4.76. The van der Waals surface area contributed by atoms with Crippen molar-refractivity contribution in [2.45, 2.75) is 38.1 Å². The van der Waals surface area contributed by atoms with E-state index in [0.29, 0.717) is 11.1 Å². The predicted molar refractivity (Wildman–Crippen MR) is 101 cm³/mol. The smallest absolute Gasteiger partial charge is 0.406 e. The van der Waals surface area contributed by atoms with Crippen molar-refractivity contribution in [1.82, 2.24) is 10.0 Å². The van der Waals surface area contributed by atoms with Crippen molar-refractivity contribution >= 4 is 15.9 Å². The molecule has 2 aromatic rings. The molecule has 0 unspecified atom stereocenters. The summed E-state index contributed by atoms with van der Waals surface area (Å²) in [4.78, 5) is 12.1. The van der Waals surface area contributed by atoms with Gasteiger partial charge in [0.1, 0.15) is 5.75 Å². The maximum absolute atomic E-state index is 12.4. The zero-order chi connectivity index (χ0) is 21.7. The number of hydrogen-bond donors (Lipinski definition) is 2. The van der Waals surface area contributed by atoms with Crippen molar-refractivity contribution in [2.24, 2.45) is 0 Å². The van der Waals surface area contributed by atoms with E-state index in [-0.39, 0.29) is 30.2 Å². The molecule has 29 heavy (non-hydrogen) atoms. The normalized spacial score (nSPS) is 11.9. The molecule has 6 nitrogen and oxygen atoms in total. The molecule has 0 aliphatic heterocycles. The molecular weight excluding hydrogens is 409 g/mol. The van der Waals surface area contributed by atoms with Crippen LogP contribution in [-0.2, 0) is 21.4 Å². The summed E-state index contributed by atoms with van der Waals surface area (Å²) in [5, 5.41) is 2.58. The van der Waals surface area contributed by atoms with Gasteiger partial charge in [-0.15, -0.1) is 13.2 Å². The highest BCUT2D eigenvalue weighted by molar-refractivity contribution is 7.89. The molecule has 0 saturated carbocycles. The third-order valence-electron chi connectivity index (χ3n) is 3.92. The number of carbonyl (C=O) groups excluding carboxylic acids is 1. The molecule has 0 aromatic heterocycles. The van der Waals surface area contributed by atoms with Crippen LogP contribution in [0, 0.1) is 13.8 Å². The first-order chi connectivity index (χ1) is 13.5. The molecule has 0 spiro atoms. The molecule has 2 N–H and O–H groups in total. The Morgan fingerprint density at radius 1 is 1.07 bits per heavy atom. The maximum Gasteiger partial charge on any atom is 0.573 e. The highest BCUT2D eigenvalue weighted by Crippen LogP contribution is 2.22. The molecule has 10 heteroatoms. The van der Waals surface area contributed by atoms with Crippen LogP contribution in [0.2, 0.25) is 0 Å². The van der Waals surface area contributed by atoms with Crippen LogP contribution in [-0.4, -0.2) is 27.2 Å². The van der Waals surface area contributed by atoms with Crippen LogP contribution < -0.4 is 14.8 Å². The molecule has 0 fully saturated rings. The van der Waals surface area contributed by atoms with Crippen molar-refractivity contribution in [3.05, 3.63) is 59.2 Å². The van der Waals surface area contributed by atoms with Gasteiger partial charge in [-0.1, -0.05) is 24.3 Å². The number of hydrogen-bond acceptors (Lipinski definition) is 4. The summed E-state index contributed by atoms with van der Waals surface area (Å²) in [5.41, 5.74) is 1.98. The first kappa shape index (κ1) is 22.7. The van der Waals surface area contributed by atoms with E-state index in [2.05, 4.69) is 14.8 Å². The molecule has 2 rings (SSSR count). The number of amides is 1. The third kappa shape index (κ3) is 7.39. The summed E-state index contributed by atoms with van der Waals surface area (Å²) in [5.74, 6) is -0.752. The molecule has 1 amide bonds.